The number of hydrogen-bond acceptors (Lipinski definition) is 5. The fraction of sp³-hybridized carbons (Fsp3) is 0.238. The predicted molar refractivity (Wildman–Crippen MR) is 108 cm³/mol. The lowest BCUT2D eigenvalue weighted by molar-refractivity contribution is -0.128. The molecule has 0 aliphatic rings. The van der Waals surface area contributed by atoms with Crippen molar-refractivity contribution >= 4 is 28.4 Å². The zero-order chi connectivity index (χ0) is 21.0. The van der Waals surface area contributed by atoms with Crippen molar-refractivity contribution in [1.29, 1.82) is 0 Å². The first kappa shape index (κ1) is 20.1. The maximum absolute atomic E-state index is 12.2. The number of azo groups is 1. The van der Waals surface area contributed by atoms with Gasteiger partial charge in [0.25, 0.3) is 5.91 Å². The molecule has 3 aromatic rings. The molecule has 0 fully saturated rings. The second kappa shape index (κ2) is 8.14. The summed E-state index contributed by atoms with van der Waals surface area (Å²) in [4.78, 5) is 27.0. The average Bonchev–Trinajstić information content (AvgIpc) is 2.96. The van der Waals surface area contributed by atoms with Crippen LogP contribution >= 0.6 is 0 Å². The molecule has 150 valence electrons. The molecule has 0 spiro atoms. The van der Waals surface area contributed by atoms with E-state index in [2.05, 4.69) is 20.5 Å². The van der Waals surface area contributed by atoms with Crippen LogP contribution < -0.4 is 5.32 Å². The Morgan fingerprint density at radius 3 is 2.48 bits per heavy atom. The minimum atomic E-state index is -0.715. The van der Waals surface area contributed by atoms with E-state index in [0.29, 0.717) is 17.3 Å². The number of rotatable bonds is 6. The van der Waals surface area contributed by atoms with E-state index in [1.54, 1.807) is 48.5 Å². The number of phenolic OH excluding ortho intramolecular Hbond substituents is 1. The van der Waals surface area contributed by atoms with Gasteiger partial charge in [0.1, 0.15) is 12.2 Å². The third kappa shape index (κ3) is 5.19. The van der Waals surface area contributed by atoms with Crippen molar-refractivity contribution in [3.05, 3.63) is 54.1 Å². The Balaban J connectivity index is 1.59. The summed E-state index contributed by atoms with van der Waals surface area (Å²) >= 11 is 0. The van der Waals surface area contributed by atoms with E-state index in [1.807, 2.05) is 13.8 Å². The maximum Gasteiger partial charge on any atom is 0.274 e. The molecule has 0 saturated carbocycles. The molecule has 1 heterocycles. The smallest absolute Gasteiger partial charge is 0.274 e. The van der Waals surface area contributed by atoms with Gasteiger partial charge in [0.05, 0.1) is 5.52 Å². The summed E-state index contributed by atoms with van der Waals surface area (Å²) in [5.41, 5.74) is 1.16. The first-order valence-electron chi connectivity index (χ1n) is 9.07. The molecule has 0 aliphatic carbocycles. The van der Waals surface area contributed by atoms with Crippen molar-refractivity contribution < 1.29 is 19.8 Å². The molecule has 8 heteroatoms. The van der Waals surface area contributed by atoms with Crippen molar-refractivity contribution in [2.24, 2.45) is 10.2 Å². The number of carbonyl (C=O) groups excluding carboxylic acids is 2. The van der Waals surface area contributed by atoms with Gasteiger partial charge in [-0.3, -0.25) is 9.59 Å². The summed E-state index contributed by atoms with van der Waals surface area (Å²) in [5, 5.41) is 30.1. The molecule has 4 N–H and O–H groups in total. The quantitative estimate of drug-likeness (QED) is 0.375. The Kier molecular flexibility index (Phi) is 5.63. The predicted octanol–water partition coefficient (Wildman–Crippen LogP) is 3.72. The molecule has 0 unspecified atom stereocenters. The highest BCUT2D eigenvalue weighted by atomic mass is 16.3. The number of nitrogens with one attached hydrogen (secondary N) is 2. The molecule has 0 saturated heterocycles. The van der Waals surface area contributed by atoms with Gasteiger partial charge in [-0.15, -0.1) is 10.2 Å². The Morgan fingerprint density at radius 2 is 1.76 bits per heavy atom. The number of amides is 2. The van der Waals surface area contributed by atoms with Crippen LogP contribution in [0.5, 0.6) is 11.6 Å². The number of H-pyrrole nitrogens is 1. The number of nitrogens with zero attached hydrogens (tertiary/aromatic N) is 2. The molecule has 0 aliphatic heterocycles. The highest BCUT2D eigenvalue weighted by Crippen LogP contribution is 2.35. The Bertz CT molecular complexity index is 1070. The number of aromatic nitrogens is 1. The summed E-state index contributed by atoms with van der Waals surface area (Å²) in [5.74, 6) is -1.21. The van der Waals surface area contributed by atoms with Crippen LogP contribution in [-0.4, -0.2) is 32.6 Å². The van der Waals surface area contributed by atoms with Gasteiger partial charge >= 0.3 is 0 Å². The third-order valence-corrected chi connectivity index (χ3v) is 4.29. The van der Waals surface area contributed by atoms with Crippen LogP contribution in [0.25, 0.3) is 10.9 Å². The van der Waals surface area contributed by atoms with Gasteiger partial charge in [0, 0.05) is 10.9 Å². The number of para-hydroxylation sites is 1. The lowest BCUT2D eigenvalue weighted by atomic mass is 9.94. The number of fused-ring (bicyclic) bond motifs is 1. The van der Waals surface area contributed by atoms with Crippen LogP contribution in [0.4, 0.5) is 5.69 Å². The largest absolute Gasteiger partial charge is 0.508 e. The first-order valence-corrected chi connectivity index (χ1v) is 9.07. The topological polar surface area (TPSA) is 127 Å². The standard InChI is InChI=1S/C21H22N4O4/c1-21(2,12-13-7-9-14(26)10-8-13)23-17(27)11-18(28)24-25-19-15-5-3-4-6-16(15)22-20(19)29/h3-10,22,26,29H,11-12H2,1-2H3,(H,23,27). The molecule has 0 bridgehead atoms. The molecular formula is C21H22N4O4. The lowest BCUT2D eigenvalue weighted by Gasteiger charge is -2.26. The van der Waals surface area contributed by atoms with E-state index in [-0.39, 0.29) is 17.3 Å². The van der Waals surface area contributed by atoms with E-state index in [4.69, 9.17) is 0 Å². The zero-order valence-corrected chi connectivity index (χ0v) is 16.1. The van der Waals surface area contributed by atoms with E-state index in [1.165, 1.54) is 0 Å². The fourth-order valence-electron chi connectivity index (χ4n) is 3.08. The molecule has 2 aromatic carbocycles. The monoisotopic (exact) mass is 394 g/mol. The summed E-state index contributed by atoms with van der Waals surface area (Å²) in [7, 11) is 0. The van der Waals surface area contributed by atoms with Crippen LogP contribution in [0.15, 0.2) is 58.8 Å². The minimum Gasteiger partial charge on any atom is -0.508 e. The van der Waals surface area contributed by atoms with Gasteiger partial charge in [0.15, 0.2) is 5.69 Å². The van der Waals surface area contributed by atoms with E-state index < -0.39 is 23.8 Å². The molecule has 1 aromatic heterocycles. The summed E-state index contributed by atoms with van der Waals surface area (Å²) in [6.07, 6.45) is 0.0730. The molecule has 0 radical (unpaired) electrons. The van der Waals surface area contributed by atoms with E-state index >= 15 is 0 Å². The van der Waals surface area contributed by atoms with Crippen LogP contribution in [0.2, 0.25) is 0 Å². The lowest BCUT2D eigenvalue weighted by Crippen LogP contribution is -2.45. The van der Waals surface area contributed by atoms with Gasteiger partial charge in [-0.2, -0.15) is 0 Å². The number of phenols is 1. The zero-order valence-electron chi connectivity index (χ0n) is 16.1. The van der Waals surface area contributed by atoms with Crippen molar-refractivity contribution in [2.75, 3.05) is 0 Å². The average molecular weight is 394 g/mol. The van der Waals surface area contributed by atoms with Crippen LogP contribution in [0.1, 0.15) is 25.8 Å². The molecule has 29 heavy (non-hydrogen) atoms. The maximum atomic E-state index is 12.2. The highest BCUT2D eigenvalue weighted by Gasteiger charge is 2.22. The van der Waals surface area contributed by atoms with Crippen molar-refractivity contribution in [3.63, 3.8) is 0 Å². The fourth-order valence-corrected chi connectivity index (χ4v) is 3.08. The van der Waals surface area contributed by atoms with Crippen LogP contribution in [0.3, 0.4) is 0 Å². The summed E-state index contributed by atoms with van der Waals surface area (Å²) in [6, 6.07) is 13.8. The van der Waals surface area contributed by atoms with Gasteiger partial charge in [-0.05, 0) is 44.0 Å². The molecule has 8 nitrogen and oxygen atoms in total. The van der Waals surface area contributed by atoms with Crippen molar-refractivity contribution in [1.82, 2.24) is 10.3 Å². The second-order valence-corrected chi connectivity index (χ2v) is 7.41. The normalized spacial score (nSPS) is 11.8. The highest BCUT2D eigenvalue weighted by molar-refractivity contribution is 5.98. The van der Waals surface area contributed by atoms with Gasteiger partial charge in [-0.1, -0.05) is 30.3 Å². The Labute approximate surface area is 167 Å². The summed E-state index contributed by atoms with van der Waals surface area (Å²) < 4.78 is 0. The summed E-state index contributed by atoms with van der Waals surface area (Å²) in [6.45, 7) is 3.68. The number of hydrogen-bond donors (Lipinski definition) is 4. The first-order chi connectivity index (χ1) is 13.7. The minimum absolute atomic E-state index is 0.155. The van der Waals surface area contributed by atoms with E-state index in [9.17, 15) is 19.8 Å². The molecule has 2 amide bonds. The van der Waals surface area contributed by atoms with E-state index in [0.717, 1.165) is 5.56 Å². The van der Waals surface area contributed by atoms with Gasteiger partial charge in [0.2, 0.25) is 11.8 Å². The Hall–Kier alpha value is -3.68. The number of carbonyl (C=O) groups is 2. The molecular weight excluding hydrogens is 372 g/mol. The van der Waals surface area contributed by atoms with Gasteiger partial charge < -0.3 is 20.5 Å². The molecule has 3 rings (SSSR count). The number of aromatic amines is 1. The SMILES string of the molecule is CC(C)(Cc1ccc(O)cc1)NC(=O)CC(=O)N=Nc1c(O)[nH]c2ccccc12. The molecule has 0 atom stereocenters. The van der Waals surface area contributed by atoms with Crippen LogP contribution in [0, 0.1) is 0 Å². The number of benzene rings is 2. The Morgan fingerprint density at radius 1 is 1.07 bits per heavy atom. The van der Waals surface area contributed by atoms with Crippen molar-refractivity contribution in [2.45, 2.75) is 32.2 Å². The van der Waals surface area contributed by atoms with Gasteiger partial charge in [-0.25, -0.2) is 0 Å². The third-order valence-electron chi connectivity index (χ3n) is 4.29. The number of aromatic hydroxyl groups is 2. The van der Waals surface area contributed by atoms with Crippen LogP contribution in [-0.2, 0) is 16.0 Å². The van der Waals surface area contributed by atoms with Crippen molar-refractivity contribution in [3.8, 4) is 11.6 Å². The second-order valence-electron chi connectivity index (χ2n) is 7.41.